The molecule has 106 valence electrons. The van der Waals surface area contributed by atoms with Gasteiger partial charge < -0.3 is 15.5 Å². The molecule has 1 aromatic rings. The van der Waals surface area contributed by atoms with Crippen molar-refractivity contribution in [3.8, 4) is 11.8 Å². The number of carbonyl (C=O) groups excluding carboxylic acids is 1. The van der Waals surface area contributed by atoms with Crippen LogP contribution in [-0.2, 0) is 0 Å². The average Bonchev–Trinajstić information content (AvgIpc) is 2.44. The third kappa shape index (κ3) is 3.60. The molecule has 0 aromatic heterocycles. The molecule has 0 radical (unpaired) electrons. The Morgan fingerprint density at radius 3 is 2.60 bits per heavy atom. The van der Waals surface area contributed by atoms with E-state index in [0.717, 1.165) is 42.9 Å². The fourth-order valence-corrected chi connectivity index (χ4v) is 2.32. The van der Waals surface area contributed by atoms with Crippen molar-refractivity contribution in [3.63, 3.8) is 0 Å². The van der Waals surface area contributed by atoms with Crippen molar-refractivity contribution in [2.24, 2.45) is 5.73 Å². The quantitative estimate of drug-likeness (QED) is 0.765. The second kappa shape index (κ2) is 6.56. The number of nitrogens with zero attached hydrogens (tertiary/aromatic N) is 2. The van der Waals surface area contributed by atoms with Gasteiger partial charge in [0.05, 0.1) is 6.54 Å². The van der Waals surface area contributed by atoms with Gasteiger partial charge in [-0.3, -0.25) is 4.79 Å². The molecule has 0 saturated carbocycles. The summed E-state index contributed by atoms with van der Waals surface area (Å²) >= 11 is 0. The topological polar surface area (TPSA) is 49.6 Å². The Morgan fingerprint density at radius 2 is 1.95 bits per heavy atom. The normalized spacial score (nSPS) is 15.7. The summed E-state index contributed by atoms with van der Waals surface area (Å²) in [7, 11) is 2.08. The first-order chi connectivity index (χ1) is 9.60. The first-order valence-corrected chi connectivity index (χ1v) is 6.88. The third-order valence-corrected chi connectivity index (χ3v) is 3.45. The molecule has 0 aliphatic carbocycles. The number of benzene rings is 1. The molecule has 2 N–H and O–H groups in total. The molecule has 1 aliphatic heterocycles. The minimum atomic E-state index is 0.0950. The second-order valence-corrected chi connectivity index (χ2v) is 5.19. The largest absolute Gasteiger partial charge is 0.336 e. The summed E-state index contributed by atoms with van der Waals surface area (Å²) in [4.78, 5) is 16.7. The molecule has 0 atom stereocenters. The SMILES string of the molecule is Cc1cc(C#CCN)cc(C(=O)N2CCN(C)CC2)c1. The Balaban J connectivity index is 2.19. The zero-order valence-electron chi connectivity index (χ0n) is 12.1. The molecular weight excluding hydrogens is 250 g/mol. The Kier molecular flexibility index (Phi) is 4.78. The number of likely N-dealkylation sites (N-methyl/N-ethyl adjacent to an activating group) is 1. The summed E-state index contributed by atoms with van der Waals surface area (Å²) in [5.74, 6) is 5.92. The summed E-state index contributed by atoms with van der Waals surface area (Å²) < 4.78 is 0. The Hall–Kier alpha value is -1.83. The van der Waals surface area contributed by atoms with E-state index in [2.05, 4.69) is 23.8 Å². The number of rotatable bonds is 1. The highest BCUT2D eigenvalue weighted by molar-refractivity contribution is 5.95. The van der Waals surface area contributed by atoms with Crippen LogP contribution in [0.1, 0.15) is 21.5 Å². The molecule has 0 unspecified atom stereocenters. The van der Waals surface area contributed by atoms with Gasteiger partial charge in [-0.2, -0.15) is 0 Å². The van der Waals surface area contributed by atoms with Gasteiger partial charge in [0.15, 0.2) is 0 Å². The smallest absolute Gasteiger partial charge is 0.253 e. The Labute approximate surface area is 120 Å². The highest BCUT2D eigenvalue weighted by Crippen LogP contribution is 2.13. The lowest BCUT2D eigenvalue weighted by molar-refractivity contribution is 0.0664. The minimum absolute atomic E-state index is 0.0950. The van der Waals surface area contributed by atoms with Crippen molar-refractivity contribution >= 4 is 5.91 Å². The maximum Gasteiger partial charge on any atom is 0.253 e. The predicted molar refractivity (Wildman–Crippen MR) is 80.5 cm³/mol. The van der Waals surface area contributed by atoms with Crippen LogP contribution in [0.25, 0.3) is 0 Å². The van der Waals surface area contributed by atoms with Crippen LogP contribution in [0, 0.1) is 18.8 Å². The average molecular weight is 271 g/mol. The van der Waals surface area contributed by atoms with E-state index in [-0.39, 0.29) is 5.91 Å². The lowest BCUT2D eigenvalue weighted by Crippen LogP contribution is -2.47. The fourth-order valence-electron chi connectivity index (χ4n) is 2.32. The van der Waals surface area contributed by atoms with Crippen LogP contribution in [0.15, 0.2) is 18.2 Å². The summed E-state index contributed by atoms with van der Waals surface area (Å²) in [6, 6.07) is 5.76. The third-order valence-electron chi connectivity index (χ3n) is 3.45. The van der Waals surface area contributed by atoms with Crippen molar-refractivity contribution in [1.82, 2.24) is 9.80 Å². The lowest BCUT2D eigenvalue weighted by Gasteiger charge is -2.32. The van der Waals surface area contributed by atoms with Crippen molar-refractivity contribution in [2.75, 3.05) is 39.8 Å². The number of piperazine rings is 1. The molecule has 1 heterocycles. The summed E-state index contributed by atoms with van der Waals surface area (Å²) in [6.07, 6.45) is 0. The van der Waals surface area contributed by atoms with Gasteiger partial charge in [0.2, 0.25) is 0 Å². The molecule has 20 heavy (non-hydrogen) atoms. The highest BCUT2D eigenvalue weighted by Gasteiger charge is 2.20. The van der Waals surface area contributed by atoms with Crippen LogP contribution in [0.2, 0.25) is 0 Å². The first-order valence-electron chi connectivity index (χ1n) is 6.88. The van der Waals surface area contributed by atoms with E-state index >= 15 is 0 Å². The van der Waals surface area contributed by atoms with Gasteiger partial charge in [0.1, 0.15) is 0 Å². The van der Waals surface area contributed by atoms with Gasteiger partial charge in [-0.15, -0.1) is 0 Å². The highest BCUT2D eigenvalue weighted by atomic mass is 16.2. The molecule has 4 heteroatoms. The monoisotopic (exact) mass is 271 g/mol. The molecule has 1 aliphatic rings. The number of nitrogens with two attached hydrogens (primary N) is 1. The van der Waals surface area contributed by atoms with Gasteiger partial charge in [-0.25, -0.2) is 0 Å². The van der Waals surface area contributed by atoms with Crippen LogP contribution in [0.4, 0.5) is 0 Å². The molecule has 1 fully saturated rings. The molecule has 4 nitrogen and oxygen atoms in total. The molecular formula is C16H21N3O. The van der Waals surface area contributed by atoms with Crippen molar-refractivity contribution in [1.29, 1.82) is 0 Å². The molecule has 1 saturated heterocycles. The van der Waals surface area contributed by atoms with Crippen molar-refractivity contribution < 1.29 is 4.79 Å². The van der Waals surface area contributed by atoms with E-state index in [9.17, 15) is 4.79 Å². The van der Waals surface area contributed by atoms with E-state index in [1.165, 1.54) is 0 Å². The number of hydrogen-bond donors (Lipinski definition) is 1. The van der Waals surface area contributed by atoms with Gasteiger partial charge in [-0.1, -0.05) is 11.8 Å². The number of amides is 1. The van der Waals surface area contributed by atoms with E-state index in [1.807, 2.05) is 30.0 Å². The summed E-state index contributed by atoms with van der Waals surface area (Å²) in [5.41, 5.74) is 8.01. The van der Waals surface area contributed by atoms with Gasteiger partial charge >= 0.3 is 0 Å². The van der Waals surface area contributed by atoms with Crippen LogP contribution in [0.3, 0.4) is 0 Å². The predicted octanol–water partition coefficient (Wildman–Crippen LogP) is 0.693. The van der Waals surface area contributed by atoms with Crippen LogP contribution in [0.5, 0.6) is 0 Å². The number of carbonyl (C=O) groups is 1. The van der Waals surface area contributed by atoms with E-state index in [1.54, 1.807) is 0 Å². The Bertz CT molecular complexity index is 549. The van der Waals surface area contributed by atoms with Crippen molar-refractivity contribution in [3.05, 3.63) is 34.9 Å². The number of hydrogen-bond acceptors (Lipinski definition) is 3. The molecule has 0 spiro atoms. The minimum Gasteiger partial charge on any atom is -0.336 e. The zero-order chi connectivity index (χ0) is 14.5. The van der Waals surface area contributed by atoms with Gasteiger partial charge in [0.25, 0.3) is 5.91 Å². The van der Waals surface area contributed by atoms with Crippen LogP contribution >= 0.6 is 0 Å². The summed E-state index contributed by atoms with van der Waals surface area (Å²) in [6.45, 7) is 5.74. The van der Waals surface area contributed by atoms with E-state index in [4.69, 9.17) is 5.73 Å². The Morgan fingerprint density at radius 1 is 1.25 bits per heavy atom. The zero-order valence-corrected chi connectivity index (χ0v) is 12.1. The number of aryl methyl sites for hydroxylation is 1. The lowest BCUT2D eigenvalue weighted by atomic mass is 10.1. The summed E-state index contributed by atoms with van der Waals surface area (Å²) in [5, 5.41) is 0. The molecule has 1 amide bonds. The van der Waals surface area contributed by atoms with E-state index in [0.29, 0.717) is 6.54 Å². The van der Waals surface area contributed by atoms with Gasteiger partial charge in [0, 0.05) is 37.3 Å². The van der Waals surface area contributed by atoms with Gasteiger partial charge in [-0.05, 0) is 37.7 Å². The molecule has 2 rings (SSSR count). The fraction of sp³-hybridized carbons (Fsp3) is 0.438. The van der Waals surface area contributed by atoms with Crippen molar-refractivity contribution in [2.45, 2.75) is 6.92 Å². The van der Waals surface area contributed by atoms with Crippen LogP contribution < -0.4 is 5.73 Å². The first kappa shape index (κ1) is 14.6. The maximum atomic E-state index is 12.5. The van der Waals surface area contributed by atoms with E-state index < -0.39 is 0 Å². The molecule has 0 bridgehead atoms. The van der Waals surface area contributed by atoms with Crippen LogP contribution in [-0.4, -0.2) is 55.5 Å². The standard InChI is InChI=1S/C16H21N3O/c1-13-10-14(4-3-5-17)12-15(11-13)16(20)19-8-6-18(2)7-9-19/h10-12H,5-9,17H2,1-2H3. The molecule has 1 aromatic carbocycles. The maximum absolute atomic E-state index is 12.5. The second-order valence-electron chi connectivity index (χ2n) is 5.19.